The van der Waals surface area contributed by atoms with Gasteiger partial charge in [0.1, 0.15) is 0 Å². The van der Waals surface area contributed by atoms with Gasteiger partial charge in [0.25, 0.3) is 5.91 Å². The van der Waals surface area contributed by atoms with E-state index in [-0.39, 0.29) is 23.9 Å². The van der Waals surface area contributed by atoms with E-state index in [0.717, 1.165) is 43.4 Å². The Balaban J connectivity index is 1.52. The lowest BCUT2D eigenvalue weighted by Gasteiger charge is -2.25. The lowest BCUT2D eigenvalue weighted by molar-refractivity contribution is -0.121. The molecule has 23 heavy (non-hydrogen) atoms. The Morgan fingerprint density at radius 2 is 2.09 bits per heavy atom. The van der Waals surface area contributed by atoms with E-state index in [1.165, 1.54) is 0 Å². The summed E-state index contributed by atoms with van der Waals surface area (Å²) in [7, 11) is 3.70. The Kier molecular flexibility index (Phi) is 4.66. The molecule has 3 N–H and O–H groups in total. The second-order valence-electron chi connectivity index (χ2n) is 6.52. The van der Waals surface area contributed by atoms with Crippen molar-refractivity contribution in [1.29, 1.82) is 0 Å². The van der Waals surface area contributed by atoms with Crippen molar-refractivity contribution in [2.45, 2.75) is 50.6 Å². The summed E-state index contributed by atoms with van der Waals surface area (Å²) in [4.78, 5) is 26.1. The van der Waals surface area contributed by atoms with Crippen molar-refractivity contribution in [1.82, 2.24) is 25.7 Å². The molecule has 7 heteroatoms. The minimum Gasteiger partial charge on any atom is -0.359 e. The largest absolute Gasteiger partial charge is 0.359 e. The number of rotatable bonds is 5. The van der Waals surface area contributed by atoms with E-state index in [0.29, 0.717) is 18.7 Å². The lowest BCUT2D eigenvalue weighted by atomic mass is 10.1. The Morgan fingerprint density at radius 3 is 2.87 bits per heavy atom. The van der Waals surface area contributed by atoms with Crippen LogP contribution in [0.5, 0.6) is 0 Å². The molecule has 0 saturated carbocycles. The molecule has 1 aromatic heterocycles. The van der Waals surface area contributed by atoms with Gasteiger partial charge in [0.2, 0.25) is 5.91 Å². The molecule has 2 heterocycles. The van der Waals surface area contributed by atoms with Gasteiger partial charge in [0, 0.05) is 43.4 Å². The summed E-state index contributed by atoms with van der Waals surface area (Å²) >= 11 is 0. The van der Waals surface area contributed by atoms with Crippen LogP contribution < -0.4 is 10.6 Å². The average molecular weight is 319 g/mol. The molecule has 2 amide bonds. The topological polar surface area (TPSA) is 90.1 Å². The number of likely N-dealkylation sites (tertiary alicyclic amines) is 1. The third-order valence-electron chi connectivity index (χ3n) is 5.20. The van der Waals surface area contributed by atoms with Gasteiger partial charge in [0.05, 0.1) is 0 Å². The van der Waals surface area contributed by atoms with E-state index in [9.17, 15) is 9.59 Å². The molecule has 0 spiro atoms. The number of hydrogen-bond acceptors (Lipinski definition) is 4. The average Bonchev–Trinajstić information content (AvgIpc) is 3.22. The van der Waals surface area contributed by atoms with Crippen molar-refractivity contribution in [2.24, 2.45) is 0 Å². The number of hydrogen-bond donors (Lipinski definition) is 3. The number of likely N-dealkylation sites (N-methyl/N-ethyl adjacent to an activating group) is 1. The van der Waals surface area contributed by atoms with Crippen LogP contribution in [0, 0.1) is 0 Å². The number of nitrogens with zero attached hydrogens (tertiary/aromatic N) is 2. The monoisotopic (exact) mass is 319 g/mol. The summed E-state index contributed by atoms with van der Waals surface area (Å²) in [5.41, 5.74) is 2.75. The maximum Gasteiger partial charge on any atom is 0.272 e. The third-order valence-corrected chi connectivity index (χ3v) is 5.20. The van der Waals surface area contributed by atoms with Crippen LogP contribution in [0.15, 0.2) is 0 Å². The van der Waals surface area contributed by atoms with E-state index >= 15 is 0 Å². The van der Waals surface area contributed by atoms with Crippen LogP contribution in [-0.4, -0.2) is 59.6 Å². The molecule has 1 aliphatic carbocycles. The summed E-state index contributed by atoms with van der Waals surface area (Å²) in [6.07, 6.45) is 5.52. The number of aryl methyl sites for hydroxylation is 1. The first-order valence-electron chi connectivity index (χ1n) is 8.37. The van der Waals surface area contributed by atoms with Gasteiger partial charge in [-0.15, -0.1) is 0 Å². The van der Waals surface area contributed by atoms with Crippen molar-refractivity contribution in [3.63, 3.8) is 0 Å². The number of nitrogens with one attached hydrogen (secondary N) is 3. The molecule has 1 saturated heterocycles. The smallest absolute Gasteiger partial charge is 0.272 e. The first-order chi connectivity index (χ1) is 11.1. The van der Waals surface area contributed by atoms with Crippen molar-refractivity contribution < 1.29 is 9.59 Å². The highest BCUT2D eigenvalue weighted by Crippen LogP contribution is 2.25. The molecule has 1 aliphatic heterocycles. The van der Waals surface area contributed by atoms with E-state index in [2.05, 4.69) is 25.7 Å². The van der Waals surface area contributed by atoms with Gasteiger partial charge in [-0.05, 0) is 39.2 Å². The SMILES string of the molecule is CNC(=O)C[C@H]1CC[C@@H](CNC(=O)c2n[nH]c3c2CCC3)N1C. The molecule has 0 bridgehead atoms. The van der Waals surface area contributed by atoms with Crippen LogP contribution in [0.1, 0.15) is 47.4 Å². The van der Waals surface area contributed by atoms with Crippen LogP contribution in [0.4, 0.5) is 0 Å². The van der Waals surface area contributed by atoms with E-state index < -0.39 is 0 Å². The maximum atomic E-state index is 12.4. The van der Waals surface area contributed by atoms with Gasteiger partial charge >= 0.3 is 0 Å². The van der Waals surface area contributed by atoms with Gasteiger partial charge in [-0.25, -0.2) is 0 Å². The molecule has 3 rings (SSSR count). The van der Waals surface area contributed by atoms with Gasteiger partial charge in [-0.2, -0.15) is 5.10 Å². The van der Waals surface area contributed by atoms with Crippen LogP contribution >= 0.6 is 0 Å². The predicted molar refractivity (Wildman–Crippen MR) is 86.2 cm³/mol. The Morgan fingerprint density at radius 1 is 1.30 bits per heavy atom. The number of H-pyrrole nitrogens is 1. The molecule has 2 aliphatic rings. The number of aromatic amines is 1. The fourth-order valence-corrected chi connectivity index (χ4v) is 3.70. The highest BCUT2D eigenvalue weighted by atomic mass is 16.2. The molecule has 7 nitrogen and oxygen atoms in total. The first-order valence-corrected chi connectivity index (χ1v) is 8.37. The van der Waals surface area contributed by atoms with Gasteiger partial charge < -0.3 is 10.6 Å². The Hall–Kier alpha value is -1.89. The summed E-state index contributed by atoms with van der Waals surface area (Å²) in [6.45, 7) is 0.598. The van der Waals surface area contributed by atoms with E-state index in [1.807, 2.05) is 7.05 Å². The zero-order chi connectivity index (χ0) is 16.4. The highest BCUT2D eigenvalue weighted by Gasteiger charge is 2.32. The Bertz CT molecular complexity index is 597. The number of fused-ring (bicyclic) bond motifs is 1. The quantitative estimate of drug-likeness (QED) is 0.724. The molecule has 1 fully saturated rings. The molecule has 1 aromatic rings. The molecule has 0 radical (unpaired) electrons. The van der Waals surface area contributed by atoms with Crippen molar-refractivity contribution in [3.05, 3.63) is 17.0 Å². The second kappa shape index (κ2) is 6.70. The molecule has 2 atom stereocenters. The minimum atomic E-state index is -0.0902. The summed E-state index contributed by atoms with van der Waals surface area (Å²) in [5.74, 6) is -0.0221. The molecular formula is C16H25N5O2. The number of carbonyl (C=O) groups is 2. The summed E-state index contributed by atoms with van der Waals surface area (Å²) in [5, 5.41) is 12.8. The molecule has 0 unspecified atom stereocenters. The minimum absolute atomic E-state index is 0.0682. The maximum absolute atomic E-state index is 12.4. The van der Waals surface area contributed by atoms with E-state index in [4.69, 9.17) is 0 Å². The predicted octanol–water partition coefficient (Wildman–Crippen LogP) is 0.227. The van der Waals surface area contributed by atoms with Crippen LogP contribution in [-0.2, 0) is 17.6 Å². The zero-order valence-electron chi connectivity index (χ0n) is 13.8. The normalized spacial score (nSPS) is 23.7. The number of carbonyl (C=O) groups excluding carboxylic acids is 2. The fraction of sp³-hybridized carbons (Fsp3) is 0.688. The van der Waals surface area contributed by atoms with Gasteiger partial charge in [-0.3, -0.25) is 19.6 Å². The Labute approximate surface area is 136 Å². The summed E-state index contributed by atoms with van der Waals surface area (Å²) < 4.78 is 0. The lowest BCUT2D eigenvalue weighted by Crippen LogP contribution is -2.42. The molecule has 126 valence electrons. The van der Waals surface area contributed by atoms with Gasteiger partial charge in [-0.1, -0.05) is 0 Å². The zero-order valence-corrected chi connectivity index (χ0v) is 13.8. The third kappa shape index (κ3) is 3.24. The standard InChI is InChI=1S/C16H25N5O2/c1-17-14(22)8-10-6-7-11(21(10)2)9-18-16(23)15-12-4-3-5-13(12)19-20-15/h10-11H,3-9H2,1-2H3,(H,17,22)(H,18,23)(H,19,20)/t10-,11+/m1/s1. The molecular weight excluding hydrogens is 294 g/mol. The van der Waals surface area contributed by atoms with Crippen LogP contribution in [0.2, 0.25) is 0 Å². The van der Waals surface area contributed by atoms with Crippen LogP contribution in [0.3, 0.4) is 0 Å². The summed E-state index contributed by atoms with van der Waals surface area (Å²) in [6, 6.07) is 0.534. The fourth-order valence-electron chi connectivity index (χ4n) is 3.70. The van der Waals surface area contributed by atoms with Crippen molar-refractivity contribution in [2.75, 3.05) is 20.6 Å². The van der Waals surface area contributed by atoms with E-state index in [1.54, 1.807) is 7.05 Å². The first kappa shape index (κ1) is 16.0. The van der Waals surface area contributed by atoms with Gasteiger partial charge in [0.15, 0.2) is 5.69 Å². The highest BCUT2D eigenvalue weighted by molar-refractivity contribution is 5.94. The number of amides is 2. The molecule has 0 aromatic carbocycles. The number of aromatic nitrogens is 2. The second-order valence-corrected chi connectivity index (χ2v) is 6.52. The van der Waals surface area contributed by atoms with Crippen LogP contribution in [0.25, 0.3) is 0 Å². The van der Waals surface area contributed by atoms with Crippen molar-refractivity contribution >= 4 is 11.8 Å². The van der Waals surface area contributed by atoms with Crippen molar-refractivity contribution in [3.8, 4) is 0 Å².